The number of rotatable bonds is 8. The second-order valence-electron chi connectivity index (χ2n) is 7.15. The number of aromatic nitrogens is 2. The molecule has 1 atom stereocenters. The predicted molar refractivity (Wildman–Crippen MR) is 117 cm³/mol. The molecule has 27 heavy (non-hydrogen) atoms. The highest BCUT2D eigenvalue weighted by Gasteiger charge is 2.14. The van der Waals surface area contributed by atoms with Crippen LogP contribution in [0, 0.1) is 6.92 Å². The smallest absolute Gasteiger partial charge is 0.136 e. The van der Waals surface area contributed by atoms with E-state index in [0.29, 0.717) is 11.2 Å². The molecule has 0 spiro atoms. The lowest BCUT2D eigenvalue weighted by Gasteiger charge is -2.21. The lowest BCUT2D eigenvalue weighted by Crippen LogP contribution is -2.25. The van der Waals surface area contributed by atoms with Crippen LogP contribution in [0.4, 0.5) is 5.82 Å². The van der Waals surface area contributed by atoms with Crippen LogP contribution in [0.5, 0.6) is 0 Å². The first kappa shape index (κ1) is 19.8. The van der Waals surface area contributed by atoms with E-state index in [4.69, 9.17) is 16.6 Å². The number of halogens is 1. The minimum Gasteiger partial charge on any atom is -0.367 e. The maximum atomic E-state index is 6.25. The van der Waals surface area contributed by atoms with Gasteiger partial charge in [0.15, 0.2) is 0 Å². The minimum absolute atomic E-state index is 0.340. The summed E-state index contributed by atoms with van der Waals surface area (Å²) in [6.45, 7) is 12.0. The molecule has 4 nitrogen and oxygen atoms in total. The summed E-state index contributed by atoms with van der Waals surface area (Å²) < 4.78 is 0. The second kappa shape index (κ2) is 8.85. The SMILES string of the molecule is CCN(CC)CCCC(C)Nc1nc2ccccc2c2cc(Cl)nc(C)c12. The number of hydrogen-bond acceptors (Lipinski definition) is 4. The second-order valence-corrected chi connectivity index (χ2v) is 7.53. The number of aryl methyl sites for hydroxylation is 1. The molecule has 2 aromatic heterocycles. The Morgan fingerprint density at radius 2 is 1.85 bits per heavy atom. The summed E-state index contributed by atoms with van der Waals surface area (Å²) in [7, 11) is 0. The predicted octanol–water partition coefficient (Wildman–Crippen LogP) is 5.67. The highest BCUT2D eigenvalue weighted by Crippen LogP contribution is 2.33. The third-order valence-corrected chi connectivity index (χ3v) is 5.42. The topological polar surface area (TPSA) is 41.0 Å². The lowest BCUT2D eigenvalue weighted by molar-refractivity contribution is 0.295. The first-order valence-electron chi connectivity index (χ1n) is 9.88. The molecule has 0 radical (unpaired) electrons. The number of para-hydroxylation sites is 1. The van der Waals surface area contributed by atoms with Crippen LogP contribution in [0.2, 0.25) is 5.15 Å². The van der Waals surface area contributed by atoms with Gasteiger partial charge in [-0.25, -0.2) is 9.97 Å². The van der Waals surface area contributed by atoms with Crippen molar-refractivity contribution in [2.45, 2.75) is 46.6 Å². The Morgan fingerprint density at radius 3 is 2.59 bits per heavy atom. The van der Waals surface area contributed by atoms with Crippen LogP contribution >= 0.6 is 11.6 Å². The molecule has 1 N–H and O–H groups in total. The largest absolute Gasteiger partial charge is 0.367 e. The molecule has 144 valence electrons. The summed E-state index contributed by atoms with van der Waals surface area (Å²) in [5.74, 6) is 0.903. The van der Waals surface area contributed by atoms with Crippen molar-refractivity contribution in [3.8, 4) is 0 Å². The molecular formula is C22H29ClN4. The van der Waals surface area contributed by atoms with Gasteiger partial charge in [0.25, 0.3) is 0 Å². The molecule has 1 aromatic carbocycles. The summed E-state index contributed by atoms with van der Waals surface area (Å²) in [4.78, 5) is 11.8. The van der Waals surface area contributed by atoms with Crippen LogP contribution in [0.3, 0.4) is 0 Å². The zero-order valence-corrected chi connectivity index (χ0v) is 17.5. The third-order valence-electron chi connectivity index (χ3n) is 5.22. The van der Waals surface area contributed by atoms with Crippen molar-refractivity contribution in [2.24, 2.45) is 0 Å². The molecule has 0 aliphatic carbocycles. The Hall–Kier alpha value is -1.91. The van der Waals surface area contributed by atoms with Crippen molar-refractivity contribution in [1.29, 1.82) is 0 Å². The molecule has 0 saturated carbocycles. The Bertz CT molecular complexity index is 921. The number of benzene rings is 1. The molecule has 0 saturated heterocycles. The van der Waals surface area contributed by atoms with E-state index < -0.39 is 0 Å². The fraction of sp³-hybridized carbons (Fsp3) is 0.455. The van der Waals surface area contributed by atoms with Gasteiger partial charge >= 0.3 is 0 Å². The fourth-order valence-electron chi connectivity index (χ4n) is 3.69. The standard InChI is InChI=1S/C22H29ClN4/c1-5-27(6-2)13-9-10-15(3)24-22-21-16(4)25-20(23)14-18(21)17-11-7-8-12-19(17)26-22/h7-8,11-12,14-15H,5-6,9-10,13H2,1-4H3,(H,24,26). The van der Waals surface area contributed by atoms with Crippen molar-refractivity contribution < 1.29 is 0 Å². The van der Waals surface area contributed by atoms with E-state index in [1.165, 1.54) is 6.42 Å². The Morgan fingerprint density at radius 1 is 1.11 bits per heavy atom. The number of anilines is 1. The van der Waals surface area contributed by atoms with Gasteiger partial charge in [-0.1, -0.05) is 43.6 Å². The van der Waals surface area contributed by atoms with Gasteiger partial charge in [-0.3, -0.25) is 0 Å². The zero-order chi connectivity index (χ0) is 19.4. The van der Waals surface area contributed by atoms with E-state index in [9.17, 15) is 0 Å². The van der Waals surface area contributed by atoms with E-state index in [1.54, 1.807) is 0 Å². The van der Waals surface area contributed by atoms with Gasteiger partial charge in [0.1, 0.15) is 11.0 Å². The summed E-state index contributed by atoms with van der Waals surface area (Å²) in [6, 6.07) is 10.5. The van der Waals surface area contributed by atoms with Crippen molar-refractivity contribution in [2.75, 3.05) is 25.0 Å². The summed E-state index contributed by atoms with van der Waals surface area (Å²) in [6.07, 6.45) is 2.27. The van der Waals surface area contributed by atoms with E-state index in [2.05, 4.69) is 48.1 Å². The van der Waals surface area contributed by atoms with E-state index in [1.807, 2.05) is 25.1 Å². The van der Waals surface area contributed by atoms with Crippen LogP contribution < -0.4 is 5.32 Å². The first-order valence-corrected chi connectivity index (χ1v) is 10.3. The summed E-state index contributed by atoms with van der Waals surface area (Å²) in [5.41, 5.74) is 1.89. The Labute approximate surface area is 166 Å². The first-order chi connectivity index (χ1) is 13.0. The molecule has 0 aliphatic heterocycles. The number of hydrogen-bond donors (Lipinski definition) is 1. The van der Waals surface area contributed by atoms with Crippen LogP contribution in [0.25, 0.3) is 21.7 Å². The molecule has 0 amide bonds. The summed E-state index contributed by atoms with van der Waals surface area (Å²) >= 11 is 6.25. The molecule has 3 aromatic rings. The minimum atomic E-state index is 0.340. The van der Waals surface area contributed by atoms with Crippen molar-refractivity contribution in [3.63, 3.8) is 0 Å². The lowest BCUT2D eigenvalue weighted by atomic mass is 10.0. The van der Waals surface area contributed by atoms with Crippen LogP contribution in [-0.2, 0) is 0 Å². The molecule has 5 heteroatoms. The number of pyridine rings is 2. The molecule has 0 fully saturated rings. The van der Waals surface area contributed by atoms with Gasteiger partial charge in [0.2, 0.25) is 0 Å². The average Bonchev–Trinajstić information content (AvgIpc) is 2.65. The summed E-state index contributed by atoms with van der Waals surface area (Å²) in [5, 5.41) is 7.44. The number of nitrogens with zero attached hydrogens (tertiary/aromatic N) is 3. The van der Waals surface area contributed by atoms with Gasteiger partial charge < -0.3 is 10.2 Å². The zero-order valence-electron chi connectivity index (χ0n) is 16.7. The highest BCUT2D eigenvalue weighted by atomic mass is 35.5. The maximum Gasteiger partial charge on any atom is 0.136 e. The van der Waals surface area contributed by atoms with Crippen LogP contribution in [0.15, 0.2) is 30.3 Å². The molecule has 3 rings (SSSR count). The number of nitrogens with one attached hydrogen (secondary N) is 1. The van der Waals surface area contributed by atoms with Gasteiger partial charge in [0, 0.05) is 16.8 Å². The quantitative estimate of drug-likeness (QED) is 0.401. The number of fused-ring (bicyclic) bond motifs is 3. The molecule has 1 unspecified atom stereocenters. The van der Waals surface area contributed by atoms with Gasteiger partial charge in [0.05, 0.1) is 11.2 Å². The molecule has 2 heterocycles. The monoisotopic (exact) mass is 384 g/mol. The fourth-order valence-corrected chi connectivity index (χ4v) is 3.93. The van der Waals surface area contributed by atoms with Gasteiger partial charge in [-0.05, 0) is 63.8 Å². The van der Waals surface area contributed by atoms with Crippen LogP contribution in [0.1, 0.15) is 39.3 Å². The van der Waals surface area contributed by atoms with Crippen molar-refractivity contribution >= 4 is 39.1 Å². The normalized spacial score (nSPS) is 12.8. The van der Waals surface area contributed by atoms with Gasteiger partial charge in [-0.2, -0.15) is 0 Å². The molecular weight excluding hydrogens is 356 g/mol. The third kappa shape index (κ3) is 4.50. The van der Waals surface area contributed by atoms with Gasteiger partial charge in [-0.15, -0.1) is 0 Å². The Balaban J connectivity index is 1.89. The highest BCUT2D eigenvalue weighted by molar-refractivity contribution is 6.30. The average molecular weight is 385 g/mol. The maximum absolute atomic E-state index is 6.25. The van der Waals surface area contributed by atoms with E-state index in [0.717, 1.165) is 59.2 Å². The van der Waals surface area contributed by atoms with Crippen LogP contribution in [-0.4, -0.2) is 40.5 Å². The van der Waals surface area contributed by atoms with E-state index in [-0.39, 0.29) is 0 Å². The molecule has 0 aliphatic rings. The molecule has 0 bridgehead atoms. The Kier molecular flexibility index (Phi) is 6.51. The van der Waals surface area contributed by atoms with Crippen molar-refractivity contribution in [3.05, 3.63) is 41.2 Å². The van der Waals surface area contributed by atoms with E-state index >= 15 is 0 Å². The van der Waals surface area contributed by atoms with Crippen molar-refractivity contribution in [1.82, 2.24) is 14.9 Å².